The molecule has 2 aromatic rings. The van der Waals surface area contributed by atoms with E-state index in [1.807, 2.05) is 31.2 Å². The van der Waals surface area contributed by atoms with Crippen molar-refractivity contribution in [3.05, 3.63) is 53.6 Å². The Morgan fingerprint density at radius 2 is 1.90 bits per heavy atom. The molecule has 160 valence electrons. The third-order valence-electron chi connectivity index (χ3n) is 5.56. The average molecular weight is 431 g/mol. The molecule has 0 bridgehead atoms. The fraction of sp³-hybridized carbons (Fsp3) is 0.409. The number of anilines is 1. The van der Waals surface area contributed by atoms with Gasteiger partial charge in [0.2, 0.25) is 15.9 Å². The maximum absolute atomic E-state index is 13.0. The number of piperidine rings is 1. The molecule has 1 atom stereocenters. The van der Waals surface area contributed by atoms with Crippen LogP contribution in [0.15, 0.2) is 42.5 Å². The number of carbonyl (C=O) groups excluding carboxylic acids is 1. The quantitative estimate of drug-likeness (QED) is 0.788. The third-order valence-corrected chi connectivity index (χ3v) is 7.35. The van der Waals surface area contributed by atoms with Crippen LogP contribution >= 0.6 is 0 Å². The highest BCUT2D eigenvalue weighted by molar-refractivity contribution is 7.88. The van der Waals surface area contributed by atoms with Crippen molar-refractivity contribution in [2.75, 3.05) is 31.6 Å². The minimum Gasteiger partial charge on any atom is -0.486 e. The third kappa shape index (κ3) is 4.60. The molecule has 0 spiro atoms. The first kappa shape index (κ1) is 20.7. The Bertz CT molecular complexity index is 1040. The number of nitrogens with one attached hydrogen (secondary N) is 1. The standard InChI is InChI=1S/C22H26N2O5S/c1-16-5-2-3-6-18(16)15-30(26,27)24-10-4-7-17(14-24)22(25)23-19-8-9-20-21(13-19)29-12-11-28-20/h2-3,5-6,8-9,13,17H,4,7,10-12,14-15H2,1H3,(H,23,25)/t17-/m1/s1. The van der Waals surface area contributed by atoms with Crippen molar-refractivity contribution < 1.29 is 22.7 Å². The van der Waals surface area contributed by atoms with Crippen LogP contribution in [-0.4, -0.2) is 44.9 Å². The number of sulfonamides is 1. The molecule has 0 radical (unpaired) electrons. The molecular weight excluding hydrogens is 404 g/mol. The first-order valence-corrected chi connectivity index (χ1v) is 11.8. The summed E-state index contributed by atoms with van der Waals surface area (Å²) < 4.78 is 38.4. The largest absolute Gasteiger partial charge is 0.486 e. The molecule has 1 saturated heterocycles. The van der Waals surface area contributed by atoms with Crippen LogP contribution < -0.4 is 14.8 Å². The molecule has 1 fully saturated rings. The number of nitrogens with zero attached hydrogens (tertiary/aromatic N) is 1. The summed E-state index contributed by atoms with van der Waals surface area (Å²) in [5.74, 6) is 0.646. The number of ether oxygens (including phenoxy) is 2. The van der Waals surface area contributed by atoms with Gasteiger partial charge in [0.25, 0.3) is 0 Å². The molecule has 30 heavy (non-hydrogen) atoms. The number of hydrogen-bond acceptors (Lipinski definition) is 5. The molecule has 0 unspecified atom stereocenters. The van der Waals surface area contributed by atoms with Gasteiger partial charge in [-0.05, 0) is 43.0 Å². The Morgan fingerprint density at radius 1 is 1.13 bits per heavy atom. The summed E-state index contributed by atoms with van der Waals surface area (Å²) in [6.45, 7) is 3.53. The van der Waals surface area contributed by atoms with Gasteiger partial charge in [0.1, 0.15) is 13.2 Å². The summed E-state index contributed by atoms with van der Waals surface area (Å²) in [6.07, 6.45) is 1.32. The van der Waals surface area contributed by atoms with E-state index in [2.05, 4.69) is 5.32 Å². The van der Waals surface area contributed by atoms with Gasteiger partial charge in [0.05, 0.1) is 11.7 Å². The highest BCUT2D eigenvalue weighted by atomic mass is 32.2. The van der Waals surface area contributed by atoms with Crippen LogP contribution in [0.25, 0.3) is 0 Å². The summed E-state index contributed by atoms with van der Waals surface area (Å²) in [4.78, 5) is 12.8. The highest BCUT2D eigenvalue weighted by Crippen LogP contribution is 2.33. The fourth-order valence-electron chi connectivity index (χ4n) is 3.83. The summed E-state index contributed by atoms with van der Waals surface area (Å²) in [5.41, 5.74) is 2.36. The zero-order chi connectivity index (χ0) is 21.1. The van der Waals surface area contributed by atoms with E-state index in [4.69, 9.17) is 9.47 Å². The van der Waals surface area contributed by atoms with Crippen molar-refractivity contribution in [2.45, 2.75) is 25.5 Å². The number of aryl methyl sites for hydroxylation is 1. The Hall–Kier alpha value is -2.58. The minimum atomic E-state index is -3.49. The molecule has 2 aliphatic heterocycles. The lowest BCUT2D eigenvalue weighted by Crippen LogP contribution is -2.44. The predicted molar refractivity (Wildman–Crippen MR) is 114 cm³/mol. The fourth-order valence-corrected chi connectivity index (χ4v) is 5.55. The zero-order valence-corrected chi connectivity index (χ0v) is 17.8. The maximum atomic E-state index is 13.0. The lowest BCUT2D eigenvalue weighted by Gasteiger charge is -2.31. The number of hydrogen-bond donors (Lipinski definition) is 1. The van der Waals surface area contributed by atoms with Crippen LogP contribution in [0.1, 0.15) is 24.0 Å². The smallest absolute Gasteiger partial charge is 0.228 e. The summed E-state index contributed by atoms with van der Waals surface area (Å²) in [6, 6.07) is 12.8. The number of carbonyl (C=O) groups is 1. The van der Waals surface area contributed by atoms with Crippen molar-refractivity contribution in [3.63, 3.8) is 0 Å². The molecule has 7 nitrogen and oxygen atoms in total. The summed E-state index contributed by atoms with van der Waals surface area (Å²) in [5, 5.41) is 2.90. The van der Waals surface area contributed by atoms with Gasteiger partial charge >= 0.3 is 0 Å². The van der Waals surface area contributed by atoms with Crippen LogP contribution in [0.4, 0.5) is 5.69 Å². The lowest BCUT2D eigenvalue weighted by atomic mass is 9.98. The normalized spacial score (nSPS) is 19.3. The molecule has 2 aromatic carbocycles. The van der Waals surface area contributed by atoms with E-state index in [1.165, 1.54) is 4.31 Å². The Kier molecular flexibility index (Phi) is 5.97. The summed E-state index contributed by atoms with van der Waals surface area (Å²) in [7, 11) is -3.49. The lowest BCUT2D eigenvalue weighted by molar-refractivity contribution is -0.120. The molecule has 1 amide bonds. The van der Waals surface area contributed by atoms with Crippen molar-refractivity contribution in [3.8, 4) is 11.5 Å². The Labute approximate surface area is 177 Å². The second-order valence-corrected chi connectivity index (χ2v) is 9.70. The molecule has 0 saturated carbocycles. The topological polar surface area (TPSA) is 84.9 Å². The molecule has 2 heterocycles. The zero-order valence-electron chi connectivity index (χ0n) is 17.0. The highest BCUT2D eigenvalue weighted by Gasteiger charge is 2.32. The number of fused-ring (bicyclic) bond motifs is 1. The van der Waals surface area contributed by atoms with Gasteiger partial charge in [-0.1, -0.05) is 24.3 Å². The molecule has 0 aromatic heterocycles. The first-order chi connectivity index (χ1) is 14.4. The van der Waals surface area contributed by atoms with Gasteiger partial charge in [0, 0.05) is 24.8 Å². The van der Waals surface area contributed by atoms with Crippen LogP contribution in [0.2, 0.25) is 0 Å². The van der Waals surface area contributed by atoms with Gasteiger partial charge in [0.15, 0.2) is 11.5 Å². The van der Waals surface area contributed by atoms with Crippen LogP contribution in [-0.2, 0) is 20.6 Å². The summed E-state index contributed by atoms with van der Waals surface area (Å²) >= 11 is 0. The van der Waals surface area contributed by atoms with Gasteiger partial charge in [-0.2, -0.15) is 0 Å². The van der Waals surface area contributed by atoms with Crippen molar-refractivity contribution in [1.29, 1.82) is 0 Å². The van der Waals surface area contributed by atoms with E-state index in [-0.39, 0.29) is 18.2 Å². The molecular formula is C22H26N2O5S. The van der Waals surface area contributed by atoms with E-state index in [9.17, 15) is 13.2 Å². The van der Waals surface area contributed by atoms with E-state index >= 15 is 0 Å². The van der Waals surface area contributed by atoms with Crippen molar-refractivity contribution in [2.24, 2.45) is 5.92 Å². The second kappa shape index (κ2) is 8.65. The molecule has 4 rings (SSSR count). The van der Waals surface area contributed by atoms with Gasteiger partial charge in [-0.25, -0.2) is 12.7 Å². The molecule has 1 N–H and O–H groups in total. The molecule has 8 heteroatoms. The molecule has 2 aliphatic rings. The predicted octanol–water partition coefficient (Wildman–Crippen LogP) is 2.95. The van der Waals surface area contributed by atoms with Gasteiger partial charge < -0.3 is 14.8 Å². The van der Waals surface area contributed by atoms with Crippen LogP contribution in [0.5, 0.6) is 11.5 Å². The van der Waals surface area contributed by atoms with E-state index in [0.29, 0.717) is 49.8 Å². The van der Waals surface area contributed by atoms with E-state index in [1.54, 1.807) is 18.2 Å². The Morgan fingerprint density at radius 3 is 2.70 bits per heavy atom. The van der Waals surface area contributed by atoms with Crippen LogP contribution in [0.3, 0.4) is 0 Å². The van der Waals surface area contributed by atoms with Crippen molar-refractivity contribution >= 4 is 21.6 Å². The average Bonchev–Trinajstić information content (AvgIpc) is 2.75. The van der Waals surface area contributed by atoms with Crippen molar-refractivity contribution in [1.82, 2.24) is 4.31 Å². The number of benzene rings is 2. The second-order valence-electron chi connectivity index (χ2n) is 7.73. The monoisotopic (exact) mass is 430 g/mol. The van der Waals surface area contributed by atoms with E-state index < -0.39 is 15.9 Å². The van der Waals surface area contributed by atoms with Gasteiger partial charge in [-0.15, -0.1) is 0 Å². The van der Waals surface area contributed by atoms with Crippen LogP contribution in [0, 0.1) is 12.8 Å². The van der Waals surface area contributed by atoms with E-state index in [0.717, 1.165) is 11.1 Å². The Balaban J connectivity index is 1.42. The molecule has 0 aliphatic carbocycles. The first-order valence-electron chi connectivity index (χ1n) is 10.2. The minimum absolute atomic E-state index is 0.0455. The van der Waals surface area contributed by atoms with Gasteiger partial charge in [-0.3, -0.25) is 4.79 Å². The maximum Gasteiger partial charge on any atom is 0.228 e. The number of amides is 1. The number of rotatable bonds is 5. The SMILES string of the molecule is Cc1ccccc1CS(=O)(=O)N1CCC[C@@H](C(=O)Nc2ccc3c(c2)OCCO3)C1.